The number of ether oxygens (including phenoxy) is 2. The maximum absolute atomic E-state index is 11.8. The maximum atomic E-state index is 11.8. The fraction of sp³-hybridized carbons (Fsp3) is 0.158. The summed E-state index contributed by atoms with van der Waals surface area (Å²) in [5.74, 6) is 0.910. The number of benzene rings is 2. The average Bonchev–Trinajstić information content (AvgIpc) is 2.63. The average molecular weight is 418 g/mol. The molecule has 0 saturated carbocycles. The molecule has 134 valence electrons. The second-order valence-electron chi connectivity index (χ2n) is 5.40. The summed E-state index contributed by atoms with van der Waals surface area (Å²) >= 11 is 3.37. The molecule has 3 aromatic rings. The molecule has 0 atom stereocenters. The van der Waals surface area contributed by atoms with Crippen LogP contribution in [0.2, 0.25) is 0 Å². The Kier molecular flexibility index (Phi) is 5.91. The number of hydrogen-bond acceptors (Lipinski definition) is 5. The largest absolute Gasteiger partial charge is 0.492 e. The lowest BCUT2D eigenvalue weighted by molar-refractivity contribution is -0.123. The molecule has 26 heavy (non-hydrogen) atoms. The van der Waals surface area contributed by atoms with E-state index in [1.165, 1.54) is 6.07 Å². The Morgan fingerprint density at radius 2 is 1.85 bits per heavy atom. The van der Waals surface area contributed by atoms with E-state index in [9.17, 15) is 9.59 Å². The summed E-state index contributed by atoms with van der Waals surface area (Å²) in [6.45, 7) is 0.573. The molecule has 0 spiro atoms. The number of carbonyl (C=O) groups excluding carboxylic acids is 1. The lowest BCUT2D eigenvalue weighted by Crippen LogP contribution is -2.32. The van der Waals surface area contributed by atoms with Crippen molar-refractivity contribution in [2.45, 2.75) is 0 Å². The van der Waals surface area contributed by atoms with Crippen molar-refractivity contribution in [3.8, 4) is 11.5 Å². The van der Waals surface area contributed by atoms with E-state index in [2.05, 4.69) is 21.2 Å². The number of amides is 1. The summed E-state index contributed by atoms with van der Waals surface area (Å²) in [6.07, 6.45) is 0. The molecule has 1 heterocycles. The topological polar surface area (TPSA) is 77.8 Å². The summed E-state index contributed by atoms with van der Waals surface area (Å²) in [5, 5.41) is 3.49. The molecule has 0 saturated heterocycles. The zero-order valence-electron chi connectivity index (χ0n) is 13.7. The zero-order chi connectivity index (χ0) is 18.4. The van der Waals surface area contributed by atoms with E-state index in [1.54, 1.807) is 24.3 Å². The van der Waals surface area contributed by atoms with Crippen molar-refractivity contribution in [1.82, 2.24) is 5.32 Å². The van der Waals surface area contributed by atoms with Crippen LogP contribution in [-0.2, 0) is 4.79 Å². The minimum absolute atomic E-state index is 0.139. The Hall–Kier alpha value is -2.80. The number of carbonyl (C=O) groups is 1. The molecule has 0 aliphatic heterocycles. The van der Waals surface area contributed by atoms with Crippen LogP contribution in [0.3, 0.4) is 0 Å². The minimum Gasteiger partial charge on any atom is -0.492 e. The van der Waals surface area contributed by atoms with E-state index in [-0.39, 0.29) is 12.5 Å². The van der Waals surface area contributed by atoms with Crippen LogP contribution in [-0.4, -0.2) is 25.7 Å². The molecule has 3 rings (SSSR count). The second kappa shape index (κ2) is 8.53. The van der Waals surface area contributed by atoms with Crippen LogP contribution in [0, 0.1) is 0 Å². The highest BCUT2D eigenvalue weighted by Gasteiger charge is 2.05. The van der Waals surface area contributed by atoms with Gasteiger partial charge in [0.15, 0.2) is 6.61 Å². The van der Waals surface area contributed by atoms with E-state index in [0.29, 0.717) is 24.5 Å². The Morgan fingerprint density at radius 1 is 1.04 bits per heavy atom. The Bertz CT molecular complexity index is 969. The zero-order valence-corrected chi connectivity index (χ0v) is 15.3. The minimum atomic E-state index is -0.433. The van der Waals surface area contributed by atoms with Crippen LogP contribution >= 0.6 is 15.9 Å². The predicted octanol–water partition coefficient (Wildman–Crippen LogP) is 3.13. The highest BCUT2D eigenvalue weighted by atomic mass is 79.9. The summed E-state index contributed by atoms with van der Waals surface area (Å²) in [4.78, 5) is 23.1. The second-order valence-corrected chi connectivity index (χ2v) is 6.31. The fourth-order valence-electron chi connectivity index (χ4n) is 2.25. The monoisotopic (exact) mass is 417 g/mol. The van der Waals surface area contributed by atoms with E-state index in [1.807, 2.05) is 24.3 Å². The molecule has 0 aliphatic rings. The quantitative estimate of drug-likeness (QED) is 0.471. The smallest absolute Gasteiger partial charge is 0.336 e. The number of halogens is 1. The normalized spacial score (nSPS) is 10.5. The molecule has 0 fully saturated rings. The highest BCUT2D eigenvalue weighted by molar-refractivity contribution is 9.10. The van der Waals surface area contributed by atoms with Gasteiger partial charge in [0.25, 0.3) is 5.91 Å². The van der Waals surface area contributed by atoms with Crippen LogP contribution < -0.4 is 20.4 Å². The molecular weight excluding hydrogens is 402 g/mol. The van der Waals surface area contributed by atoms with Crippen LogP contribution in [0.15, 0.2) is 68.3 Å². The van der Waals surface area contributed by atoms with Crippen molar-refractivity contribution in [3.05, 3.63) is 69.5 Å². The van der Waals surface area contributed by atoms with Crippen LogP contribution in [0.25, 0.3) is 11.0 Å². The van der Waals surface area contributed by atoms with Gasteiger partial charge in [0.2, 0.25) is 0 Å². The Labute approximate surface area is 157 Å². The molecule has 1 N–H and O–H groups in total. The van der Waals surface area contributed by atoms with Crippen molar-refractivity contribution < 1.29 is 18.7 Å². The van der Waals surface area contributed by atoms with Gasteiger partial charge in [0.05, 0.1) is 6.54 Å². The molecule has 6 nitrogen and oxygen atoms in total. The number of nitrogens with one attached hydrogen (secondary N) is 1. The third kappa shape index (κ3) is 5.10. The molecule has 2 aromatic carbocycles. The van der Waals surface area contributed by atoms with E-state index < -0.39 is 5.63 Å². The molecule has 7 heteroatoms. The van der Waals surface area contributed by atoms with Gasteiger partial charge in [-0.3, -0.25) is 4.79 Å². The van der Waals surface area contributed by atoms with Gasteiger partial charge < -0.3 is 19.2 Å². The van der Waals surface area contributed by atoms with E-state index in [0.717, 1.165) is 15.6 Å². The number of hydrogen-bond donors (Lipinski definition) is 1. The van der Waals surface area contributed by atoms with Gasteiger partial charge in [-0.25, -0.2) is 4.79 Å². The maximum Gasteiger partial charge on any atom is 0.336 e. The van der Waals surface area contributed by atoms with Crippen molar-refractivity contribution in [2.24, 2.45) is 0 Å². The van der Waals surface area contributed by atoms with Crippen LogP contribution in [0.5, 0.6) is 11.5 Å². The lowest BCUT2D eigenvalue weighted by atomic mass is 10.2. The SMILES string of the molecule is O=C(COc1ccc2ccc(=O)oc2c1)NCCOc1cccc(Br)c1. The first-order valence-electron chi connectivity index (χ1n) is 7.92. The highest BCUT2D eigenvalue weighted by Crippen LogP contribution is 2.19. The first-order chi connectivity index (χ1) is 12.6. The van der Waals surface area contributed by atoms with Gasteiger partial charge in [0, 0.05) is 22.0 Å². The Balaban J connectivity index is 1.43. The number of fused-ring (bicyclic) bond motifs is 1. The molecule has 0 bridgehead atoms. The summed E-state index contributed by atoms with van der Waals surface area (Å²) in [7, 11) is 0. The Morgan fingerprint density at radius 3 is 2.69 bits per heavy atom. The molecule has 0 unspecified atom stereocenters. The van der Waals surface area contributed by atoms with Gasteiger partial charge >= 0.3 is 5.63 Å². The van der Waals surface area contributed by atoms with Crippen molar-refractivity contribution in [2.75, 3.05) is 19.8 Å². The summed E-state index contributed by atoms with van der Waals surface area (Å²) in [5.41, 5.74) is -0.0179. The third-order valence-electron chi connectivity index (χ3n) is 3.45. The number of rotatable bonds is 7. The van der Waals surface area contributed by atoms with E-state index in [4.69, 9.17) is 13.9 Å². The van der Waals surface area contributed by atoms with Crippen molar-refractivity contribution in [1.29, 1.82) is 0 Å². The van der Waals surface area contributed by atoms with Crippen molar-refractivity contribution >= 4 is 32.8 Å². The van der Waals surface area contributed by atoms with Gasteiger partial charge in [-0.15, -0.1) is 0 Å². The van der Waals surface area contributed by atoms with Crippen LogP contribution in [0.4, 0.5) is 0 Å². The fourth-order valence-corrected chi connectivity index (χ4v) is 2.63. The molecule has 1 aromatic heterocycles. The molecule has 1 amide bonds. The van der Waals surface area contributed by atoms with Gasteiger partial charge in [-0.1, -0.05) is 22.0 Å². The third-order valence-corrected chi connectivity index (χ3v) is 3.95. The van der Waals surface area contributed by atoms with E-state index >= 15 is 0 Å². The van der Waals surface area contributed by atoms with Crippen molar-refractivity contribution in [3.63, 3.8) is 0 Å². The predicted molar refractivity (Wildman–Crippen MR) is 101 cm³/mol. The molecular formula is C19H16BrNO5. The van der Waals surface area contributed by atoms with Crippen LogP contribution in [0.1, 0.15) is 0 Å². The van der Waals surface area contributed by atoms with Gasteiger partial charge in [-0.2, -0.15) is 0 Å². The first-order valence-corrected chi connectivity index (χ1v) is 8.71. The van der Waals surface area contributed by atoms with Gasteiger partial charge in [0.1, 0.15) is 23.7 Å². The standard InChI is InChI=1S/C19H16BrNO5/c20-14-2-1-3-15(10-14)24-9-8-21-18(22)12-25-16-6-4-13-5-7-19(23)26-17(13)11-16/h1-7,10-11H,8-9,12H2,(H,21,22). The molecule has 0 aliphatic carbocycles. The summed E-state index contributed by atoms with van der Waals surface area (Å²) in [6, 6.07) is 15.6. The molecule has 0 radical (unpaired) electrons. The first kappa shape index (κ1) is 18.0. The summed E-state index contributed by atoms with van der Waals surface area (Å²) < 4.78 is 17.0. The lowest BCUT2D eigenvalue weighted by Gasteiger charge is -2.09. The van der Waals surface area contributed by atoms with Gasteiger partial charge in [-0.05, 0) is 36.4 Å².